The van der Waals surface area contributed by atoms with Gasteiger partial charge in [0.1, 0.15) is 6.10 Å². The molecule has 0 radical (unpaired) electrons. The highest BCUT2D eigenvalue weighted by Gasteiger charge is 2.35. The third-order valence-corrected chi connectivity index (χ3v) is 5.83. The molecular weight excluding hydrogens is 326 g/mol. The van der Waals surface area contributed by atoms with Crippen LogP contribution in [-0.4, -0.2) is 34.1 Å². The number of aryl methyl sites for hydroxylation is 1. The van der Waals surface area contributed by atoms with E-state index in [-0.39, 0.29) is 18.1 Å². The first kappa shape index (κ1) is 15.8. The number of carbonyl (C=O) groups is 1. The number of hydrogen-bond acceptors (Lipinski definition) is 6. The second-order valence-electron chi connectivity index (χ2n) is 6.27. The molecule has 2 atom stereocenters. The van der Waals surface area contributed by atoms with E-state index in [1.165, 1.54) is 10.4 Å². The van der Waals surface area contributed by atoms with Crippen molar-refractivity contribution in [2.45, 2.75) is 51.2 Å². The number of ether oxygens (including phenoxy) is 1. The first-order valence-corrected chi connectivity index (χ1v) is 9.44. The molecule has 128 valence electrons. The summed E-state index contributed by atoms with van der Waals surface area (Å²) >= 11 is 1.69. The van der Waals surface area contributed by atoms with Gasteiger partial charge in [0.05, 0.1) is 19.1 Å². The largest absolute Gasteiger partial charge is 0.372 e. The van der Waals surface area contributed by atoms with E-state index in [0.29, 0.717) is 31.2 Å². The molecule has 0 bridgehead atoms. The van der Waals surface area contributed by atoms with Crippen LogP contribution in [0.25, 0.3) is 0 Å². The highest BCUT2D eigenvalue weighted by molar-refractivity contribution is 7.10. The van der Waals surface area contributed by atoms with Crippen molar-refractivity contribution < 1.29 is 14.1 Å². The number of fused-ring (bicyclic) bond motifs is 1. The summed E-state index contributed by atoms with van der Waals surface area (Å²) < 4.78 is 11.1. The van der Waals surface area contributed by atoms with Crippen molar-refractivity contribution in [2.24, 2.45) is 0 Å². The smallest absolute Gasteiger partial charge is 0.226 e. The van der Waals surface area contributed by atoms with Crippen molar-refractivity contribution in [1.29, 1.82) is 0 Å². The fourth-order valence-electron chi connectivity index (χ4n) is 3.53. The van der Waals surface area contributed by atoms with Crippen LogP contribution in [-0.2, 0) is 22.4 Å². The average Bonchev–Trinajstić information content (AvgIpc) is 3.33. The van der Waals surface area contributed by atoms with E-state index in [4.69, 9.17) is 9.26 Å². The Labute approximate surface area is 144 Å². The van der Waals surface area contributed by atoms with Crippen LogP contribution in [0.3, 0.4) is 0 Å². The lowest BCUT2D eigenvalue weighted by atomic mass is 10.0. The molecule has 1 fully saturated rings. The Morgan fingerprint density at radius 3 is 3.25 bits per heavy atom. The third kappa shape index (κ3) is 2.86. The molecule has 7 heteroatoms. The molecule has 1 amide bonds. The van der Waals surface area contributed by atoms with E-state index >= 15 is 0 Å². The van der Waals surface area contributed by atoms with Crippen LogP contribution in [0.1, 0.15) is 60.5 Å². The molecule has 0 saturated carbocycles. The zero-order chi connectivity index (χ0) is 16.5. The zero-order valence-corrected chi connectivity index (χ0v) is 14.6. The van der Waals surface area contributed by atoms with Gasteiger partial charge in [-0.05, 0) is 36.3 Å². The number of nitrogens with zero attached hydrogens (tertiary/aromatic N) is 3. The quantitative estimate of drug-likeness (QED) is 0.850. The Morgan fingerprint density at radius 1 is 1.50 bits per heavy atom. The van der Waals surface area contributed by atoms with Gasteiger partial charge in [0.15, 0.2) is 5.82 Å². The van der Waals surface area contributed by atoms with Crippen molar-refractivity contribution >= 4 is 17.2 Å². The average molecular weight is 347 g/mol. The van der Waals surface area contributed by atoms with E-state index < -0.39 is 0 Å². The van der Waals surface area contributed by atoms with Crippen LogP contribution >= 0.6 is 11.3 Å². The van der Waals surface area contributed by atoms with Crippen molar-refractivity contribution in [1.82, 2.24) is 15.0 Å². The Balaban J connectivity index is 1.48. The molecule has 2 aromatic rings. The highest BCUT2D eigenvalue weighted by atomic mass is 32.1. The Morgan fingerprint density at radius 2 is 2.42 bits per heavy atom. The normalized spacial score (nSPS) is 23.5. The minimum Gasteiger partial charge on any atom is -0.372 e. The van der Waals surface area contributed by atoms with Gasteiger partial charge in [-0.2, -0.15) is 4.98 Å². The zero-order valence-electron chi connectivity index (χ0n) is 13.7. The number of aromatic nitrogens is 2. The number of likely N-dealkylation sites (tertiary alicyclic amines) is 1. The van der Waals surface area contributed by atoms with E-state index in [0.717, 1.165) is 25.8 Å². The lowest BCUT2D eigenvalue weighted by molar-refractivity contribution is -0.135. The summed E-state index contributed by atoms with van der Waals surface area (Å²) in [6, 6.07) is 2.08. The van der Waals surface area contributed by atoms with E-state index in [1.807, 2.05) is 11.8 Å². The monoisotopic (exact) mass is 347 g/mol. The summed E-state index contributed by atoms with van der Waals surface area (Å²) in [6.45, 7) is 3.42. The predicted octanol–water partition coefficient (Wildman–Crippen LogP) is 3.06. The molecule has 24 heavy (non-hydrogen) atoms. The first-order chi connectivity index (χ1) is 11.8. The minimum absolute atomic E-state index is 0.0621. The fraction of sp³-hybridized carbons (Fsp3) is 0.588. The lowest BCUT2D eigenvalue weighted by Crippen LogP contribution is -2.33. The number of rotatable bonds is 4. The molecule has 4 heterocycles. The molecule has 0 aliphatic carbocycles. The molecule has 2 aliphatic heterocycles. The molecule has 2 aliphatic rings. The number of amides is 1. The molecule has 1 saturated heterocycles. The van der Waals surface area contributed by atoms with Crippen molar-refractivity contribution in [3.05, 3.63) is 33.6 Å². The van der Waals surface area contributed by atoms with Crippen LogP contribution in [0.5, 0.6) is 0 Å². The molecule has 4 rings (SSSR count). The van der Waals surface area contributed by atoms with Gasteiger partial charge < -0.3 is 14.2 Å². The maximum Gasteiger partial charge on any atom is 0.226 e. The van der Waals surface area contributed by atoms with Gasteiger partial charge in [-0.1, -0.05) is 12.1 Å². The van der Waals surface area contributed by atoms with E-state index in [1.54, 1.807) is 11.3 Å². The summed E-state index contributed by atoms with van der Waals surface area (Å²) in [5, 5.41) is 6.15. The van der Waals surface area contributed by atoms with Gasteiger partial charge in [0, 0.05) is 17.8 Å². The van der Waals surface area contributed by atoms with Crippen LogP contribution in [0.4, 0.5) is 0 Å². The lowest BCUT2D eigenvalue weighted by Gasteiger charge is -2.27. The second kappa shape index (κ2) is 6.64. The molecule has 0 unspecified atom stereocenters. The summed E-state index contributed by atoms with van der Waals surface area (Å²) in [6.07, 6.45) is 3.80. The van der Waals surface area contributed by atoms with E-state index in [9.17, 15) is 4.79 Å². The second-order valence-corrected chi connectivity index (χ2v) is 7.22. The molecule has 2 aromatic heterocycles. The first-order valence-electron chi connectivity index (χ1n) is 8.56. The molecule has 0 aromatic carbocycles. The van der Waals surface area contributed by atoms with Crippen LogP contribution < -0.4 is 0 Å². The van der Waals surface area contributed by atoms with Gasteiger partial charge in [-0.15, -0.1) is 11.3 Å². The van der Waals surface area contributed by atoms with Crippen molar-refractivity contribution in [2.75, 3.05) is 13.2 Å². The van der Waals surface area contributed by atoms with Gasteiger partial charge in [-0.3, -0.25) is 4.79 Å². The molecule has 0 N–H and O–H groups in total. The number of carbonyl (C=O) groups excluding carboxylic acids is 1. The Kier molecular flexibility index (Phi) is 4.37. The predicted molar refractivity (Wildman–Crippen MR) is 88.7 cm³/mol. The maximum absolute atomic E-state index is 12.9. The standard InChI is InChI=1S/C17H21N3O3S/c1-2-14-18-17(19-23-14)12-4-3-7-20(12)15(21)10-13-16-11(5-8-22-13)6-9-24-16/h6,9,12-13H,2-5,7-8,10H2,1H3/t12-,13+/m1/s1. The van der Waals surface area contributed by atoms with Gasteiger partial charge in [0.25, 0.3) is 0 Å². The van der Waals surface area contributed by atoms with Crippen LogP contribution in [0, 0.1) is 0 Å². The topological polar surface area (TPSA) is 68.5 Å². The Hall–Kier alpha value is -1.73. The number of thiophene rings is 1. The van der Waals surface area contributed by atoms with Crippen LogP contribution in [0.2, 0.25) is 0 Å². The maximum atomic E-state index is 12.9. The van der Waals surface area contributed by atoms with Gasteiger partial charge >= 0.3 is 0 Å². The van der Waals surface area contributed by atoms with Crippen molar-refractivity contribution in [3.63, 3.8) is 0 Å². The molecule has 0 spiro atoms. The molecule has 6 nitrogen and oxygen atoms in total. The highest BCUT2D eigenvalue weighted by Crippen LogP contribution is 2.37. The van der Waals surface area contributed by atoms with Crippen molar-refractivity contribution in [3.8, 4) is 0 Å². The summed E-state index contributed by atoms with van der Waals surface area (Å²) in [5.41, 5.74) is 1.33. The van der Waals surface area contributed by atoms with E-state index in [2.05, 4.69) is 21.6 Å². The van der Waals surface area contributed by atoms with Gasteiger partial charge in [0.2, 0.25) is 11.8 Å². The summed E-state index contributed by atoms with van der Waals surface area (Å²) in [7, 11) is 0. The Bertz CT molecular complexity index is 726. The fourth-order valence-corrected chi connectivity index (χ4v) is 4.53. The summed E-state index contributed by atoms with van der Waals surface area (Å²) in [4.78, 5) is 20.4. The third-order valence-electron chi connectivity index (χ3n) is 4.78. The number of hydrogen-bond donors (Lipinski definition) is 0. The minimum atomic E-state index is -0.112. The summed E-state index contributed by atoms with van der Waals surface area (Å²) in [5.74, 6) is 1.38. The molecular formula is C17H21N3O3S. The van der Waals surface area contributed by atoms with Crippen LogP contribution in [0.15, 0.2) is 16.0 Å². The SMILES string of the molecule is CCc1nc([C@H]2CCCN2C(=O)C[C@@H]2OCCc3ccsc32)no1. The van der Waals surface area contributed by atoms with Gasteiger partial charge in [-0.25, -0.2) is 0 Å².